The summed E-state index contributed by atoms with van der Waals surface area (Å²) in [5.41, 5.74) is 0. The number of methoxy groups -OCH3 is 1. The normalized spacial score (nSPS) is 9.31. The van der Waals surface area contributed by atoms with Crippen molar-refractivity contribution in [3.05, 3.63) is 18.6 Å². The van der Waals surface area contributed by atoms with E-state index in [9.17, 15) is 4.79 Å². The van der Waals surface area contributed by atoms with Crippen molar-refractivity contribution in [2.45, 2.75) is 6.42 Å². The molecule has 0 spiro atoms. The van der Waals surface area contributed by atoms with Crippen LogP contribution in [0.2, 0.25) is 0 Å². The smallest absolute Gasteiger partial charge is 0.307 e. The molecule has 0 aromatic carbocycles. The molecule has 0 amide bonds. The summed E-state index contributed by atoms with van der Waals surface area (Å²) in [6.45, 7) is 0.518. The van der Waals surface area contributed by atoms with Crippen molar-refractivity contribution in [3.63, 3.8) is 0 Å². The van der Waals surface area contributed by atoms with Crippen molar-refractivity contribution in [2.24, 2.45) is 0 Å². The van der Waals surface area contributed by atoms with Gasteiger partial charge in [0.15, 0.2) is 0 Å². The third-order valence-electron chi connectivity index (χ3n) is 1.44. The summed E-state index contributed by atoms with van der Waals surface area (Å²) in [5, 5.41) is 2.96. The van der Waals surface area contributed by atoms with Crippen LogP contribution in [0.25, 0.3) is 0 Å². The van der Waals surface area contributed by atoms with Crippen LogP contribution in [0, 0.1) is 0 Å². The second-order valence-corrected chi connectivity index (χ2v) is 2.35. The lowest BCUT2D eigenvalue weighted by molar-refractivity contribution is -0.140. The van der Waals surface area contributed by atoms with Gasteiger partial charge in [-0.05, 0) is 6.07 Å². The number of hydrogen-bond acceptors (Lipinski definition) is 5. The van der Waals surface area contributed by atoms with Crippen molar-refractivity contribution in [1.82, 2.24) is 9.97 Å². The predicted molar refractivity (Wildman–Crippen MR) is 47.2 cm³/mol. The maximum atomic E-state index is 10.7. The number of carbonyl (C=O) groups excluding carboxylic acids is 1. The molecule has 0 unspecified atom stereocenters. The minimum Gasteiger partial charge on any atom is -0.469 e. The Labute approximate surface area is 76.2 Å². The zero-order valence-electron chi connectivity index (χ0n) is 7.36. The molecule has 1 N–H and O–H groups in total. The summed E-state index contributed by atoms with van der Waals surface area (Å²) in [6.07, 6.45) is 3.41. The average molecular weight is 181 g/mol. The van der Waals surface area contributed by atoms with Gasteiger partial charge >= 0.3 is 5.97 Å². The molecule has 0 saturated heterocycles. The lowest BCUT2D eigenvalue weighted by Crippen LogP contribution is -2.10. The first kappa shape index (κ1) is 9.44. The molecule has 0 saturated carbocycles. The standard InChI is InChI=1S/C8H11N3O2/c1-13-8(12)3-5-10-7-2-4-9-6-11-7/h2,4,6H,3,5H2,1H3,(H,9,10,11). The number of ether oxygens (including phenoxy) is 1. The number of nitrogens with zero attached hydrogens (tertiary/aromatic N) is 2. The van der Waals surface area contributed by atoms with E-state index in [2.05, 4.69) is 20.0 Å². The molecule has 5 heteroatoms. The number of esters is 1. The van der Waals surface area contributed by atoms with E-state index in [1.54, 1.807) is 12.3 Å². The summed E-state index contributed by atoms with van der Waals surface area (Å²) >= 11 is 0. The fraction of sp³-hybridized carbons (Fsp3) is 0.375. The SMILES string of the molecule is COC(=O)CCNc1ccncn1. The summed E-state index contributed by atoms with van der Waals surface area (Å²) in [7, 11) is 1.37. The lowest BCUT2D eigenvalue weighted by atomic mass is 10.4. The van der Waals surface area contributed by atoms with Crippen LogP contribution in [0.5, 0.6) is 0 Å². The highest BCUT2D eigenvalue weighted by Gasteiger charge is 1.98. The van der Waals surface area contributed by atoms with Gasteiger partial charge < -0.3 is 10.1 Å². The molecule has 0 aliphatic carbocycles. The Morgan fingerprint density at radius 3 is 3.15 bits per heavy atom. The first-order valence-corrected chi connectivity index (χ1v) is 3.89. The molecule has 0 atom stereocenters. The highest BCUT2D eigenvalue weighted by Crippen LogP contribution is 1.97. The summed E-state index contributed by atoms with van der Waals surface area (Å²) in [5.74, 6) is 0.473. The van der Waals surface area contributed by atoms with Crippen LogP contribution in [0.3, 0.4) is 0 Å². The fourth-order valence-corrected chi connectivity index (χ4v) is 0.790. The van der Waals surface area contributed by atoms with Gasteiger partial charge in [-0.2, -0.15) is 0 Å². The zero-order valence-corrected chi connectivity index (χ0v) is 7.36. The molecule has 1 heterocycles. The predicted octanol–water partition coefficient (Wildman–Crippen LogP) is 0.452. The number of nitrogens with one attached hydrogen (secondary N) is 1. The number of aromatic nitrogens is 2. The van der Waals surface area contributed by atoms with Gasteiger partial charge in [0.2, 0.25) is 0 Å². The van der Waals surface area contributed by atoms with Crippen molar-refractivity contribution in [2.75, 3.05) is 19.0 Å². The summed E-state index contributed by atoms with van der Waals surface area (Å²) in [6, 6.07) is 1.73. The molecule has 1 rings (SSSR count). The highest BCUT2D eigenvalue weighted by atomic mass is 16.5. The van der Waals surface area contributed by atoms with E-state index in [-0.39, 0.29) is 5.97 Å². The van der Waals surface area contributed by atoms with Gasteiger partial charge in [-0.3, -0.25) is 4.79 Å². The Kier molecular flexibility index (Phi) is 3.69. The van der Waals surface area contributed by atoms with Crippen molar-refractivity contribution < 1.29 is 9.53 Å². The fourth-order valence-electron chi connectivity index (χ4n) is 0.790. The van der Waals surface area contributed by atoms with E-state index in [0.717, 1.165) is 0 Å². The number of rotatable bonds is 4. The van der Waals surface area contributed by atoms with Crippen LogP contribution in [0.4, 0.5) is 5.82 Å². The molecule has 0 fully saturated rings. The molecule has 0 aliphatic heterocycles. The van der Waals surface area contributed by atoms with Crippen molar-refractivity contribution >= 4 is 11.8 Å². The van der Waals surface area contributed by atoms with E-state index < -0.39 is 0 Å². The van der Waals surface area contributed by atoms with Crippen LogP contribution in [-0.2, 0) is 9.53 Å². The number of anilines is 1. The van der Waals surface area contributed by atoms with Gasteiger partial charge in [0.05, 0.1) is 13.5 Å². The molecule has 1 aromatic rings. The molecule has 5 nitrogen and oxygen atoms in total. The quantitative estimate of drug-likeness (QED) is 0.683. The highest BCUT2D eigenvalue weighted by molar-refractivity contribution is 5.69. The third kappa shape index (κ3) is 3.50. The Bertz CT molecular complexity index is 263. The Balaban J connectivity index is 2.24. The molecule has 13 heavy (non-hydrogen) atoms. The van der Waals surface area contributed by atoms with E-state index in [1.807, 2.05) is 0 Å². The zero-order chi connectivity index (χ0) is 9.52. The first-order chi connectivity index (χ1) is 6.33. The lowest BCUT2D eigenvalue weighted by Gasteiger charge is -2.02. The van der Waals surface area contributed by atoms with Crippen LogP contribution < -0.4 is 5.32 Å². The number of hydrogen-bond donors (Lipinski definition) is 1. The minimum absolute atomic E-state index is 0.235. The second-order valence-electron chi connectivity index (χ2n) is 2.35. The monoisotopic (exact) mass is 181 g/mol. The summed E-state index contributed by atoms with van der Waals surface area (Å²) in [4.78, 5) is 18.4. The Morgan fingerprint density at radius 1 is 1.69 bits per heavy atom. The Morgan fingerprint density at radius 2 is 2.54 bits per heavy atom. The van der Waals surface area contributed by atoms with Crippen LogP contribution >= 0.6 is 0 Å². The average Bonchev–Trinajstić information content (AvgIpc) is 2.19. The molecule has 70 valence electrons. The van der Waals surface area contributed by atoms with E-state index in [0.29, 0.717) is 18.8 Å². The van der Waals surface area contributed by atoms with Gasteiger partial charge in [-0.15, -0.1) is 0 Å². The van der Waals surface area contributed by atoms with Crippen LogP contribution in [-0.4, -0.2) is 29.6 Å². The van der Waals surface area contributed by atoms with E-state index >= 15 is 0 Å². The Hall–Kier alpha value is -1.65. The first-order valence-electron chi connectivity index (χ1n) is 3.89. The van der Waals surface area contributed by atoms with E-state index in [4.69, 9.17) is 0 Å². The molecule has 0 bridgehead atoms. The third-order valence-corrected chi connectivity index (χ3v) is 1.44. The van der Waals surface area contributed by atoms with Crippen molar-refractivity contribution in [1.29, 1.82) is 0 Å². The largest absolute Gasteiger partial charge is 0.469 e. The molecular formula is C8H11N3O2. The van der Waals surface area contributed by atoms with Crippen LogP contribution in [0.15, 0.2) is 18.6 Å². The van der Waals surface area contributed by atoms with Gasteiger partial charge in [0, 0.05) is 12.7 Å². The van der Waals surface area contributed by atoms with E-state index in [1.165, 1.54) is 13.4 Å². The van der Waals surface area contributed by atoms with Crippen LogP contribution in [0.1, 0.15) is 6.42 Å². The topological polar surface area (TPSA) is 64.1 Å². The number of carbonyl (C=O) groups is 1. The maximum Gasteiger partial charge on any atom is 0.307 e. The van der Waals surface area contributed by atoms with Gasteiger partial charge in [0.1, 0.15) is 12.1 Å². The second kappa shape index (κ2) is 5.08. The molecule has 0 aliphatic rings. The van der Waals surface area contributed by atoms with Gasteiger partial charge in [-0.25, -0.2) is 9.97 Å². The van der Waals surface area contributed by atoms with Gasteiger partial charge in [0.25, 0.3) is 0 Å². The minimum atomic E-state index is -0.235. The molecule has 1 aromatic heterocycles. The van der Waals surface area contributed by atoms with Crippen molar-refractivity contribution in [3.8, 4) is 0 Å². The van der Waals surface area contributed by atoms with Gasteiger partial charge in [-0.1, -0.05) is 0 Å². The molecule has 0 radical (unpaired) electrons. The maximum absolute atomic E-state index is 10.7. The summed E-state index contributed by atoms with van der Waals surface area (Å²) < 4.78 is 4.48. The molecular weight excluding hydrogens is 170 g/mol.